The number of alkyl halides is 3. The van der Waals surface area contributed by atoms with E-state index in [0.717, 1.165) is 10.6 Å². The third-order valence-corrected chi connectivity index (χ3v) is 3.77. The lowest BCUT2D eigenvalue weighted by Crippen LogP contribution is -2.07. The van der Waals surface area contributed by atoms with Crippen LogP contribution in [0.3, 0.4) is 0 Å². The monoisotopic (exact) mass is 352 g/mol. The Morgan fingerprint density at radius 3 is 2.62 bits per heavy atom. The number of nitrogens with zero attached hydrogens (tertiary/aromatic N) is 6. The van der Waals surface area contributed by atoms with Crippen molar-refractivity contribution in [3.63, 3.8) is 0 Å². The number of halogens is 4. The molecule has 0 saturated carbocycles. The summed E-state index contributed by atoms with van der Waals surface area (Å²) >= 11 is 6.06. The van der Waals surface area contributed by atoms with E-state index < -0.39 is 11.7 Å². The lowest BCUT2D eigenvalue weighted by atomic mass is 10.1. The fourth-order valence-electron chi connectivity index (χ4n) is 2.51. The highest BCUT2D eigenvalue weighted by atomic mass is 35.5. The van der Waals surface area contributed by atoms with E-state index in [2.05, 4.69) is 20.2 Å². The van der Waals surface area contributed by atoms with E-state index in [0.29, 0.717) is 5.56 Å². The van der Waals surface area contributed by atoms with Crippen LogP contribution in [0.5, 0.6) is 0 Å². The van der Waals surface area contributed by atoms with Crippen molar-refractivity contribution in [3.8, 4) is 11.4 Å². The normalized spacial score (nSPS) is 12.4. The number of hydrogen-bond acceptors (Lipinski definition) is 4. The maximum atomic E-state index is 13.3. The van der Waals surface area contributed by atoms with Crippen LogP contribution < -0.4 is 0 Å². The minimum Gasteiger partial charge on any atom is -0.275 e. The summed E-state index contributed by atoms with van der Waals surface area (Å²) in [7, 11) is 1.71. The van der Waals surface area contributed by atoms with E-state index in [1.807, 2.05) is 0 Å². The lowest BCUT2D eigenvalue weighted by Gasteiger charge is -2.10. The van der Waals surface area contributed by atoms with Crippen molar-refractivity contribution in [2.75, 3.05) is 0 Å². The predicted molar refractivity (Wildman–Crippen MR) is 80.5 cm³/mol. The summed E-state index contributed by atoms with van der Waals surface area (Å²) in [5.74, 6) is 0.219. The molecule has 0 radical (unpaired) electrons. The molecule has 0 fully saturated rings. The van der Waals surface area contributed by atoms with E-state index in [4.69, 9.17) is 11.6 Å². The summed E-state index contributed by atoms with van der Waals surface area (Å²) in [5, 5.41) is 7.95. The molecule has 1 aromatic carbocycles. The zero-order chi connectivity index (χ0) is 17.1. The molecule has 0 spiro atoms. The molecule has 0 atom stereocenters. The number of fused-ring (bicyclic) bond motifs is 3. The first-order chi connectivity index (χ1) is 11.3. The Morgan fingerprint density at radius 2 is 1.96 bits per heavy atom. The van der Waals surface area contributed by atoms with E-state index in [9.17, 15) is 13.2 Å². The third-order valence-electron chi connectivity index (χ3n) is 3.53. The molecule has 10 heteroatoms. The fourth-order valence-corrected chi connectivity index (χ4v) is 2.72. The zero-order valence-electron chi connectivity index (χ0n) is 12.1. The average Bonchev–Trinajstić information content (AvgIpc) is 3.12. The molecule has 0 bridgehead atoms. The minimum atomic E-state index is -4.55. The van der Waals surface area contributed by atoms with Gasteiger partial charge in [0.15, 0.2) is 11.5 Å². The molecule has 3 heterocycles. The van der Waals surface area contributed by atoms with E-state index >= 15 is 0 Å². The molecular formula is C14H8ClF3N6. The van der Waals surface area contributed by atoms with Crippen molar-refractivity contribution in [1.29, 1.82) is 0 Å². The van der Waals surface area contributed by atoms with Crippen LogP contribution in [0, 0.1) is 0 Å². The predicted octanol–water partition coefficient (Wildman–Crippen LogP) is 3.35. The van der Waals surface area contributed by atoms with Gasteiger partial charge in [-0.2, -0.15) is 22.8 Å². The highest BCUT2D eigenvalue weighted by molar-refractivity contribution is 6.29. The molecular weight excluding hydrogens is 345 g/mol. The highest BCUT2D eigenvalue weighted by Crippen LogP contribution is 2.36. The van der Waals surface area contributed by atoms with Gasteiger partial charge in [-0.1, -0.05) is 6.07 Å². The van der Waals surface area contributed by atoms with Crippen LogP contribution in [0.1, 0.15) is 5.56 Å². The standard InChI is InChI=1S/C14H8ClF3N6/c1-23-6-7(5-19-23)11-21-12-10-8(14(16,17)18)3-2-4-9(10)20-13(15)24(12)22-11/h2-6H,1H3. The molecule has 4 aromatic rings. The Bertz CT molecular complexity index is 1080. The smallest absolute Gasteiger partial charge is 0.275 e. The molecule has 6 nitrogen and oxygen atoms in total. The second-order valence-corrected chi connectivity index (χ2v) is 5.49. The minimum absolute atomic E-state index is 0.00298. The van der Waals surface area contributed by atoms with E-state index in [1.54, 1.807) is 17.9 Å². The van der Waals surface area contributed by atoms with Gasteiger partial charge in [0.05, 0.1) is 28.2 Å². The van der Waals surface area contributed by atoms with Gasteiger partial charge in [0, 0.05) is 13.2 Å². The van der Waals surface area contributed by atoms with Crippen LogP contribution in [0.25, 0.3) is 27.9 Å². The van der Waals surface area contributed by atoms with Crippen molar-refractivity contribution < 1.29 is 13.2 Å². The Hall–Kier alpha value is -2.68. The van der Waals surface area contributed by atoms with Crippen molar-refractivity contribution in [2.24, 2.45) is 7.05 Å². The SMILES string of the molecule is Cn1cc(-c2nc3c4c(C(F)(F)F)cccc4nc(Cl)n3n2)cn1. The fraction of sp³-hybridized carbons (Fsp3) is 0.143. The summed E-state index contributed by atoms with van der Waals surface area (Å²) in [6, 6.07) is 3.72. The maximum absolute atomic E-state index is 13.3. The lowest BCUT2D eigenvalue weighted by molar-refractivity contribution is -0.136. The number of benzene rings is 1. The van der Waals surface area contributed by atoms with E-state index in [-0.39, 0.29) is 27.7 Å². The second kappa shape index (κ2) is 4.91. The van der Waals surface area contributed by atoms with Crippen LogP contribution in [0.4, 0.5) is 13.2 Å². The Labute approximate surface area is 137 Å². The maximum Gasteiger partial charge on any atom is 0.417 e. The molecule has 4 rings (SSSR count). The summed E-state index contributed by atoms with van der Waals surface area (Å²) in [6.45, 7) is 0. The van der Waals surface area contributed by atoms with Crippen molar-refractivity contribution in [3.05, 3.63) is 41.4 Å². The molecule has 0 unspecified atom stereocenters. The molecule has 0 aliphatic heterocycles. The number of aromatic nitrogens is 6. The van der Waals surface area contributed by atoms with Crippen LogP contribution in [-0.4, -0.2) is 29.4 Å². The van der Waals surface area contributed by atoms with Crippen molar-refractivity contribution in [2.45, 2.75) is 6.18 Å². The van der Waals surface area contributed by atoms with Gasteiger partial charge in [-0.15, -0.1) is 5.10 Å². The Kier molecular flexibility index (Phi) is 3.04. The van der Waals surface area contributed by atoms with E-state index in [1.165, 1.54) is 18.3 Å². The Morgan fingerprint density at radius 1 is 1.17 bits per heavy atom. The second-order valence-electron chi connectivity index (χ2n) is 5.15. The Balaban J connectivity index is 2.11. The summed E-state index contributed by atoms with van der Waals surface area (Å²) in [5.41, 5.74) is -0.168. The molecule has 0 saturated heterocycles. The topological polar surface area (TPSA) is 60.9 Å². The van der Waals surface area contributed by atoms with Gasteiger partial charge in [0.2, 0.25) is 5.28 Å². The quantitative estimate of drug-likeness (QED) is 0.493. The third kappa shape index (κ3) is 2.20. The van der Waals surface area contributed by atoms with Gasteiger partial charge >= 0.3 is 6.18 Å². The number of hydrogen-bond donors (Lipinski definition) is 0. The van der Waals surface area contributed by atoms with Gasteiger partial charge < -0.3 is 0 Å². The van der Waals surface area contributed by atoms with Crippen LogP contribution in [-0.2, 0) is 13.2 Å². The number of aryl methyl sites for hydroxylation is 1. The molecule has 24 heavy (non-hydrogen) atoms. The molecule has 0 N–H and O–H groups in total. The van der Waals surface area contributed by atoms with Crippen molar-refractivity contribution in [1.82, 2.24) is 29.4 Å². The average molecular weight is 353 g/mol. The molecule has 0 aliphatic rings. The summed E-state index contributed by atoms with van der Waals surface area (Å²) < 4.78 is 42.7. The van der Waals surface area contributed by atoms with Crippen LogP contribution in [0.2, 0.25) is 5.28 Å². The van der Waals surface area contributed by atoms with Gasteiger partial charge in [-0.25, -0.2) is 9.97 Å². The van der Waals surface area contributed by atoms with Gasteiger partial charge in [0.1, 0.15) is 0 Å². The molecule has 0 aliphatic carbocycles. The first-order valence-corrected chi connectivity index (χ1v) is 7.13. The molecule has 0 amide bonds. The zero-order valence-corrected chi connectivity index (χ0v) is 12.8. The number of rotatable bonds is 1. The highest BCUT2D eigenvalue weighted by Gasteiger charge is 2.34. The van der Waals surface area contributed by atoms with Crippen molar-refractivity contribution >= 4 is 28.2 Å². The summed E-state index contributed by atoms with van der Waals surface area (Å²) in [4.78, 5) is 8.23. The molecule has 3 aromatic heterocycles. The first kappa shape index (κ1) is 14.9. The van der Waals surface area contributed by atoms with Gasteiger partial charge in [-0.05, 0) is 23.7 Å². The van der Waals surface area contributed by atoms with Gasteiger partial charge in [0.25, 0.3) is 0 Å². The first-order valence-electron chi connectivity index (χ1n) is 6.76. The van der Waals surface area contributed by atoms with Crippen LogP contribution in [0.15, 0.2) is 30.6 Å². The van der Waals surface area contributed by atoms with Gasteiger partial charge in [-0.3, -0.25) is 4.68 Å². The molecule has 122 valence electrons. The summed E-state index contributed by atoms with van der Waals surface area (Å²) in [6.07, 6.45) is -1.37. The largest absolute Gasteiger partial charge is 0.417 e. The van der Waals surface area contributed by atoms with Crippen LogP contribution >= 0.6 is 11.6 Å².